The van der Waals surface area contributed by atoms with Gasteiger partial charge in [0.1, 0.15) is 0 Å². The van der Waals surface area contributed by atoms with Gasteiger partial charge in [-0.25, -0.2) is 4.98 Å². The summed E-state index contributed by atoms with van der Waals surface area (Å²) in [5, 5.41) is 0.879. The Bertz CT molecular complexity index is 1350. The lowest BCUT2D eigenvalue weighted by Crippen LogP contribution is -2.53. The zero-order valence-corrected chi connectivity index (χ0v) is 21.3. The van der Waals surface area contributed by atoms with Crippen molar-refractivity contribution in [3.8, 4) is 11.3 Å². The molecule has 1 amide bonds. The first kappa shape index (κ1) is 22.6. The van der Waals surface area contributed by atoms with E-state index in [1.165, 1.54) is 16.8 Å². The molecule has 172 valence electrons. The molecule has 5 heteroatoms. The average molecular weight is 514 g/mol. The summed E-state index contributed by atoms with van der Waals surface area (Å²) in [6, 6.07) is 25.1. The second kappa shape index (κ2) is 9.22. The van der Waals surface area contributed by atoms with Gasteiger partial charge in [-0.05, 0) is 57.2 Å². The maximum absolute atomic E-state index is 13.9. The molecule has 34 heavy (non-hydrogen) atoms. The highest BCUT2D eigenvalue weighted by Crippen LogP contribution is 2.29. The first-order chi connectivity index (χ1) is 16.4. The summed E-state index contributed by atoms with van der Waals surface area (Å²) in [5.74, 6) is 0.0641. The van der Waals surface area contributed by atoms with Crippen LogP contribution < -0.4 is 4.90 Å². The van der Waals surface area contributed by atoms with Crippen LogP contribution >= 0.6 is 15.9 Å². The van der Waals surface area contributed by atoms with E-state index in [0.717, 1.165) is 33.2 Å². The average Bonchev–Trinajstić information content (AvgIpc) is 2.84. The van der Waals surface area contributed by atoms with Crippen LogP contribution in [0.1, 0.15) is 28.4 Å². The molecule has 0 radical (unpaired) electrons. The van der Waals surface area contributed by atoms with Crippen molar-refractivity contribution < 1.29 is 4.79 Å². The van der Waals surface area contributed by atoms with Gasteiger partial charge in [-0.15, -0.1) is 0 Å². The van der Waals surface area contributed by atoms with E-state index in [1.807, 2.05) is 29.2 Å². The van der Waals surface area contributed by atoms with Gasteiger partial charge in [0.15, 0.2) is 0 Å². The van der Waals surface area contributed by atoms with E-state index in [2.05, 4.69) is 90.1 Å². The molecule has 0 N–H and O–H groups in total. The number of aromatic nitrogens is 1. The molecule has 1 saturated heterocycles. The summed E-state index contributed by atoms with van der Waals surface area (Å²) in [5.41, 5.74) is 7.04. The molecule has 1 aliphatic rings. The maximum atomic E-state index is 13.9. The standard InChI is InChI=1S/C29H28BrN3O/c1-19-4-8-22(9-5-19)28-17-26(25-16-23(30)10-13-27(25)31-28)29(34)32-14-15-33(21(3)18-32)24-11-6-20(2)7-12-24/h4-13,16-17,21H,14-15,18H2,1-3H3/t21-/m1/s1. The lowest BCUT2D eigenvalue weighted by Gasteiger charge is -2.41. The molecule has 1 aliphatic heterocycles. The third kappa shape index (κ3) is 4.45. The molecule has 4 nitrogen and oxygen atoms in total. The predicted octanol–water partition coefficient (Wildman–Crippen LogP) is 6.63. The van der Waals surface area contributed by atoms with E-state index in [9.17, 15) is 4.79 Å². The third-order valence-electron chi connectivity index (χ3n) is 6.63. The number of halogens is 1. The summed E-state index contributed by atoms with van der Waals surface area (Å²) in [4.78, 5) is 23.1. The third-order valence-corrected chi connectivity index (χ3v) is 7.12. The van der Waals surface area contributed by atoms with Crippen LogP contribution in [-0.4, -0.2) is 41.5 Å². The number of nitrogens with zero attached hydrogens (tertiary/aromatic N) is 3. The number of hydrogen-bond acceptors (Lipinski definition) is 3. The molecule has 0 unspecified atom stereocenters. The fourth-order valence-corrected chi connectivity index (χ4v) is 5.04. The van der Waals surface area contributed by atoms with Gasteiger partial charge in [-0.2, -0.15) is 0 Å². The van der Waals surface area contributed by atoms with Gasteiger partial charge in [-0.3, -0.25) is 4.79 Å². The lowest BCUT2D eigenvalue weighted by molar-refractivity contribution is 0.0728. The van der Waals surface area contributed by atoms with E-state index in [-0.39, 0.29) is 11.9 Å². The van der Waals surface area contributed by atoms with Crippen molar-refractivity contribution in [1.82, 2.24) is 9.88 Å². The van der Waals surface area contributed by atoms with Crippen molar-refractivity contribution in [2.75, 3.05) is 24.5 Å². The molecular weight excluding hydrogens is 486 g/mol. The molecule has 4 aromatic rings. The molecule has 0 saturated carbocycles. The van der Waals surface area contributed by atoms with Gasteiger partial charge in [0.25, 0.3) is 5.91 Å². The monoisotopic (exact) mass is 513 g/mol. The summed E-state index contributed by atoms with van der Waals surface area (Å²) >= 11 is 3.57. The highest BCUT2D eigenvalue weighted by molar-refractivity contribution is 9.10. The van der Waals surface area contributed by atoms with Crippen LogP contribution in [0.3, 0.4) is 0 Å². The Morgan fingerprint density at radius 3 is 2.26 bits per heavy atom. The van der Waals surface area contributed by atoms with Gasteiger partial charge < -0.3 is 9.80 Å². The van der Waals surface area contributed by atoms with Crippen LogP contribution in [0.5, 0.6) is 0 Å². The molecule has 0 bridgehead atoms. The van der Waals surface area contributed by atoms with Crippen LogP contribution in [0.25, 0.3) is 22.2 Å². The highest BCUT2D eigenvalue weighted by atomic mass is 79.9. The van der Waals surface area contributed by atoms with Crippen molar-refractivity contribution >= 4 is 38.4 Å². The van der Waals surface area contributed by atoms with Crippen molar-refractivity contribution in [1.29, 1.82) is 0 Å². The number of carbonyl (C=O) groups excluding carboxylic acids is 1. The Morgan fingerprint density at radius 2 is 1.59 bits per heavy atom. The number of pyridine rings is 1. The van der Waals surface area contributed by atoms with Crippen molar-refractivity contribution in [3.05, 3.63) is 94.0 Å². The molecule has 1 atom stereocenters. The van der Waals surface area contributed by atoms with Crippen molar-refractivity contribution in [2.24, 2.45) is 0 Å². The van der Waals surface area contributed by atoms with Crippen LogP contribution in [0.4, 0.5) is 5.69 Å². The minimum absolute atomic E-state index is 0.0641. The van der Waals surface area contributed by atoms with Gasteiger partial charge in [0.2, 0.25) is 0 Å². The zero-order valence-electron chi connectivity index (χ0n) is 19.8. The second-order valence-electron chi connectivity index (χ2n) is 9.21. The van der Waals surface area contributed by atoms with Gasteiger partial charge in [-0.1, -0.05) is 63.5 Å². The number of piperazine rings is 1. The Labute approximate surface area is 209 Å². The molecular formula is C29H28BrN3O. The lowest BCUT2D eigenvalue weighted by atomic mass is 10.0. The fourth-order valence-electron chi connectivity index (χ4n) is 4.68. The number of fused-ring (bicyclic) bond motifs is 1. The van der Waals surface area contributed by atoms with E-state index in [1.54, 1.807) is 0 Å². The van der Waals surface area contributed by atoms with Gasteiger partial charge in [0, 0.05) is 46.8 Å². The molecule has 0 spiro atoms. The number of anilines is 1. The summed E-state index contributed by atoms with van der Waals surface area (Å²) in [7, 11) is 0. The number of rotatable bonds is 3. The molecule has 3 aromatic carbocycles. The van der Waals surface area contributed by atoms with Crippen molar-refractivity contribution in [2.45, 2.75) is 26.8 Å². The van der Waals surface area contributed by atoms with Gasteiger partial charge >= 0.3 is 0 Å². The Balaban J connectivity index is 1.48. The van der Waals surface area contributed by atoms with Crippen LogP contribution in [0, 0.1) is 13.8 Å². The Kier molecular flexibility index (Phi) is 6.13. The predicted molar refractivity (Wildman–Crippen MR) is 144 cm³/mol. The van der Waals surface area contributed by atoms with Gasteiger partial charge in [0.05, 0.1) is 16.8 Å². The second-order valence-corrected chi connectivity index (χ2v) is 10.1. The van der Waals surface area contributed by atoms with E-state index in [4.69, 9.17) is 4.98 Å². The number of carbonyl (C=O) groups is 1. The van der Waals surface area contributed by atoms with Crippen LogP contribution in [0.2, 0.25) is 0 Å². The fraction of sp³-hybridized carbons (Fsp3) is 0.241. The number of hydrogen-bond donors (Lipinski definition) is 0. The molecule has 5 rings (SSSR count). The van der Waals surface area contributed by atoms with E-state index in [0.29, 0.717) is 18.7 Å². The molecule has 2 heterocycles. The largest absolute Gasteiger partial charge is 0.365 e. The minimum atomic E-state index is 0.0641. The maximum Gasteiger partial charge on any atom is 0.254 e. The topological polar surface area (TPSA) is 36.4 Å². The number of amides is 1. The van der Waals surface area contributed by atoms with E-state index >= 15 is 0 Å². The molecule has 0 aliphatic carbocycles. The first-order valence-electron chi connectivity index (χ1n) is 11.7. The van der Waals surface area contributed by atoms with Crippen LogP contribution in [0.15, 0.2) is 77.3 Å². The smallest absolute Gasteiger partial charge is 0.254 e. The Hall–Kier alpha value is -3.18. The first-order valence-corrected chi connectivity index (χ1v) is 12.5. The number of benzene rings is 3. The minimum Gasteiger partial charge on any atom is -0.365 e. The Morgan fingerprint density at radius 1 is 0.912 bits per heavy atom. The van der Waals surface area contributed by atoms with Crippen LogP contribution in [-0.2, 0) is 0 Å². The van der Waals surface area contributed by atoms with E-state index < -0.39 is 0 Å². The van der Waals surface area contributed by atoms with Crippen molar-refractivity contribution in [3.63, 3.8) is 0 Å². The molecule has 1 aromatic heterocycles. The quantitative estimate of drug-likeness (QED) is 0.308. The number of aryl methyl sites for hydroxylation is 2. The zero-order chi connectivity index (χ0) is 23.8. The highest BCUT2D eigenvalue weighted by Gasteiger charge is 2.29. The summed E-state index contributed by atoms with van der Waals surface area (Å²) in [6.07, 6.45) is 0. The SMILES string of the molecule is Cc1ccc(-c2cc(C(=O)N3CCN(c4ccc(C)cc4)[C@H](C)C3)c3cc(Br)ccc3n2)cc1. The molecule has 1 fully saturated rings. The summed E-state index contributed by atoms with van der Waals surface area (Å²) < 4.78 is 0.941. The summed E-state index contributed by atoms with van der Waals surface area (Å²) in [6.45, 7) is 8.55. The normalized spacial score (nSPS) is 16.2.